The van der Waals surface area contributed by atoms with Crippen LogP contribution < -0.4 is 20.3 Å². The molecule has 0 aromatic heterocycles. The number of nitrogens with one attached hydrogen (secondary N) is 2. The number of ether oxygens (including phenoxy) is 1. The van der Waals surface area contributed by atoms with E-state index in [1.807, 2.05) is 26.1 Å². The first-order valence-electron chi connectivity index (χ1n) is 6.58. The largest absolute Gasteiger partial charge is 0.482 e. The fourth-order valence-electron chi connectivity index (χ4n) is 1.90. The molecule has 2 N–H and O–H groups in total. The maximum absolute atomic E-state index is 11.9. The average molecular weight is 314 g/mol. The number of rotatable bonds is 5. The van der Waals surface area contributed by atoms with Crippen molar-refractivity contribution in [3.63, 3.8) is 0 Å². The molecule has 0 aliphatic carbocycles. The minimum absolute atomic E-state index is 0. The minimum atomic E-state index is -0.208. The molecule has 21 heavy (non-hydrogen) atoms. The number of fused-ring (bicyclic) bond motifs is 1. The van der Waals surface area contributed by atoms with Crippen LogP contribution in [0.1, 0.15) is 6.92 Å². The SMILES string of the molecule is CNC(C)CNC(=O)CN1C(=O)COc2ccccc21.Cl. The maximum atomic E-state index is 11.9. The van der Waals surface area contributed by atoms with Gasteiger partial charge in [-0.2, -0.15) is 0 Å². The lowest BCUT2D eigenvalue weighted by molar-refractivity contribution is -0.125. The van der Waals surface area contributed by atoms with Crippen LogP contribution in [0.3, 0.4) is 0 Å². The van der Waals surface area contributed by atoms with Crippen molar-refractivity contribution in [1.29, 1.82) is 0 Å². The second kappa shape index (κ2) is 7.85. The molecule has 1 heterocycles. The third-order valence-corrected chi connectivity index (χ3v) is 3.21. The second-order valence-corrected chi connectivity index (χ2v) is 4.73. The molecule has 1 aliphatic rings. The van der Waals surface area contributed by atoms with Gasteiger partial charge in [-0.1, -0.05) is 12.1 Å². The normalized spacial score (nSPS) is 14.6. The van der Waals surface area contributed by atoms with Crippen molar-refractivity contribution in [1.82, 2.24) is 10.6 Å². The van der Waals surface area contributed by atoms with Crippen LogP contribution in [0, 0.1) is 0 Å². The van der Waals surface area contributed by atoms with Gasteiger partial charge in [-0.25, -0.2) is 0 Å². The van der Waals surface area contributed by atoms with E-state index < -0.39 is 0 Å². The Balaban J connectivity index is 0.00000220. The third kappa shape index (κ3) is 4.34. The zero-order chi connectivity index (χ0) is 14.5. The number of hydrogen-bond donors (Lipinski definition) is 2. The van der Waals surface area contributed by atoms with Gasteiger partial charge in [0, 0.05) is 12.6 Å². The van der Waals surface area contributed by atoms with Crippen molar-refractivity contribution in [2.24, 2.45) is 0 Å². The highest BCUT2D eigenvalue weighted by Gasteiger charge is 2.26. The Morgan fingerprint density at radius 2 is 2.14 bits per heavy atom. The van der Waals surface area contributed by atoms with Gasteiger partial charge in [-0.15, -0.1) is 12.4 Å². The van der Waals surface area contributed by atoms with Crippen LogP contribution in [0.25, 0.3) is 0 Å². The highest BCUT2D eigenvalue weighted by Crippen LogP contribution is 2.30. The van der Waals surface area contributed by atoms with Crippen LogP contribution in [0.2, 0.25) is 0 Å². The van der Waals surface area contributed by atoms with Gasteiger partial charge < -0.3 is 15.4 Å². The number of para-hydroxylation sites is 2. The highest BCUT2D eigenvalue weighted by atomic mass is 35.5. The lowest BCUT2D eigenvalue weighted by atomic mass is 10.2. The van der Waals surface area contributed by atoms with E-state index in [1.165, 1.54) is 4.90 Å². The molecule has 7 heteroatoms. The van der Waals surface area contributed by atoms with Gasteiger partial charge in [-0.3, -0.25) is 14.5 Å². The van der Waals surface area contributed by atoms with Crippen molar-refractivity contribution < 1.29 is 14.3 Å². The number of hydrogen-bond acceptors (Lipinski definition) is 4. The molecule has 0 saturated heterocycles. The number of anilines is 1. The molecule has 2 amide bonds. The summed E-state index contributed by atoms with van der Waals surface area (Å²) in [7, 11) is 1.83. The number of likely N-dealkylation sites (N-methyl/N-ethyl adjacent to an activating group) is 1. The van der Waals surface area contributed by atoms with Gasteiger partial charge in [-0.05, 0) is 26.1 Å². The molecule has 1 aromatic rings. The van der Waals surface area contributed by atoms with Crippen molar-refractivity contribution in [3.8, 4) is 5.75 Å². The topological polar surface area (TPSA) is 70.7 Å². The fraction of sp³-hybridized carbons (Fsp3) is 0.429. The van der Waals surface area contributed by atoms with Crippen LogP contribution in [0.4, 0.5) is 5.69 Å². The first kappa shape index (κ1) is 17.3. The van der Waals surface area contributed by atoms with Gasteiger partial charge >= 0.3 is 0 Å². The Kier molecular flexibility index (Phi) is 6.45. The number of halogens is 1. The summed E-state index contributed by atoms with van der Waals surface area (Å²) in [5.41, 5.74) is 0.639. The molecule has 1 unspecified atom stereocenters. The molecular formula is C14H20ClN3O3. The average Bonchev–Trinajstić information content (AvgIpc) is 2.47. The van der Waals surface area contributed by atoms with Crippen molar-refractivity contribution >= 4 is 29.9 Å². The summed E-state index contributed by atoms with van der Waals surface area (Å²) in [5, 5.41) is 5.83. The summed E-state index contributed by atoms with van der Waals surface area (Å²) in [5.74, 6) is 0.237. The van der Waals surface area contributed by atoms with E-state index in [4.69, 9.17) is 4.74 Å². The first-order valence-corrected chi connectivity index (χ1v) is 6.58. The Morgan fingerprint density at radius 1 is 1.43 bits per heavy atom. The highest BCUT2D eigenvalue weighted by molar-refractivity contribution is 6.02. The summed E-state index contributed by atoms with van der Waals surface area (Å²) >= 11 is 0. The number of carbonyl (C=O) groups is 2. The molecule has 1 aliphatic heterocycles. The summed E-state index contributed by atoms with van der Waals surface area (Å²) in [6.07, 6.45) is 0. The molecule has 1 aromatic carbocycles. The fourth-order valence-corrected chi connectivity index (χ4v) is 1.90. The summed E-state index contributed by atoms with van der Waals surface area (Å²) < 4.78 is 5.33. The number of carbonyl (C=O) groups excluding carboxylic acids is 2. The van der Waals surface area contributed by atoms with Crippen molar-refractivity contribution in [3.05, 3.63) is 24.3 Å². The lowest BCUT2D eigenvalue weighted by Gasteiger charge is -2.28. The van der Waals surface area contributed by atoms with Gasteiger partial charge in [0.05, 0.1) is 5.69 Å². The molecule has 0 spiro atoms. The molecular weight excluding hydrogens is 294 g/mol. The van der Waals surface area contributed by atoms with Crippen LogP contribution in [-0.2, 0) is 9.59 Å². The lowest BCUT2D eigenvalue weighted by Crippen LogP contribution is -2.47. The van der Waals surface area contributed by atoms with E-state index in [0.29, 0.717) is 18.0 Å². The second-order valence-electron chi connectivity index (χ2n) is 4.73. The van der Waals surface area contributed by atoms with Crippen LogP contribution in [-0.4, -0.2) is 44.6 Å². The molecule has 1 atom stereocenters. The summed E-state index contributed by atoms with van der Waals surface area (Å²) in [6.45, 7) is 2.47. The van der Waals surface area contributed by atoms with Crippen LogP contribution >= 0.6 is 12.4 Å². The van der Waals surface area contributed by atoms with E-state index in [9.17, 15) is 9.59 Å². The molecule has 116 valence electrons. The first-order chi connectivity index (χ1) is 9.61. The molecule has 0 bridgehead atoms. The van der Waals surface area contributed by atoms with Gasteiger partial charge in [0.1, 0.15) is 12.3 Å². The third-order valence-electron chi connectivity index (χ3n) is 3.21. The Labute approximate surface area is 130 Å². The number of amides is 2. The van der Waals surface area contributed by atoms with Gasteiger partial charge in [0.15, 0.2) is 6.61 Å². The zero-order valence-corrected chi connectivity index (χ0v) is 12.9. The van der Waals surface area contributed by atoms with E-state index in [1.54, 1.807) is 12.1 Å². The molecule has 0 fully saturated rings. The molecule has 0 saturated carbocycles. The number of nitrogens with zero attached hydrogens (tertiary/aromatic N) is 1. The molecule has 6 nitrogen and oxygen atoms in total. The summed E-state index contributed by atoms with van der Waals surface area (Å²) in [4.78, 5) is 25.3. The molecule has 2 rings (SSSR count). The Hall–Kier alpha value is -1.79. The van der Waals surface area contributed by atoms with E-state index in [-0.39, 0.29) is 43.4 Å². The van der Waals surface area contributed by atoms with E-state index in [2.05, 4.69) is 10.6 Å². The number of benzene rings is 1. The standard InChI is InChI=1S/C14H19N3O3.ClH/c1-10(15-2)7-16-13(18)8-17-11-5-3-4-6-12(11)20-9-14(17)19;/h3-6,10,15H,7-9H2,1-2H3,(H,16,18);1H. The summed E-state index contributed by atoms with van der Waals surface area (Å²) in [6, 6.07) is 7.40. The smallest absolute Gasteiger partial charge is 0.265 e. The van der Waals surface area contributed by atoms with Crippen LogP contribution in [0.5, 0.6) is 5.75 Å². The van der Waals surface area contributed by atoms with Crippen molar-refractivity contribution in [2.75, 3.05) is 31.6 Å². The Morgan fingerprint density at radius 3 is 2.86 bits per heavy atom. The minimum Gasteiger partial charge on any atom is -0.482 e. The quantitative estimate of drug-likeness (QED) is 0.833. The van der Waals surface area contributed by atoms with Crippen molar-refractivity contribution in [2.45, 2.75) is 13.0 Å². The molecule has 0 radical (unpaired) electrons. The predicted octanol–water partition coefficient (Wildman–Crippen LogP) is 0.558. The monoisotopic (exact) mass is 313 g/mol. The van der Waals surface area contributed by atoms with Gasteiger partial charge in [0.2, 0.25) is 5.91 Å². The van der Waals surface area contributed by atoms with E-state index >= 15 is 0 Å². The van der Waals surface area contributed by atoms with Gasteiger partial charge in [0.25, 0.3) is 5.91 Å². The maximum Gasteiger partial charge on any atom is 0.265 e. The van der Waals surface area contributed by atoms with E-state index in [0.717, 1.165) is 0 Å². The Bertz CT molecular complexity index is 510. The predicted molar refractivity (Wildman–Crippen MR) is 83.1 cm³/mol. The zero-order valence-electron chi connectivity index (χ0n) is 12.1. The van der Waals surface area contributed by atoms with Crippen LogP contribution in [0.15, 0.2) is 24.3 Å².